The van der Waals surface area contributed by atoms with E-state index in [1.165, 1.54) is 4.90 Å². The summed E-state index contributed by atoms with van der Waals surface area (Å²) in [6.45, 7) is 5.94. The van der Waals surface area contributed by atoms with Crippen molar-refractivity contribution in [1.82, 2.24) is 5.32 Å². The Bertz CT molecular complexity index is 450. The molecule has 0 bridgehead atoms. The molecule has 1 amide bonds. The molecule has 5 heteroatoms. The predicted molar refractivity (Wildman–Crippen MR) is 91.9 cm³/mol. The molecule has 0 heterocycles. The number of rotatable bonds is 9. The van der Waals surface area contributed by atoms with E-state index in [2.05, 4.69) is 5.32 Å². The van der Waals surface area contributed by atoms with Crippen LogP contribution in [0.4, 0.5) is 0 Å². The highest BCUT2D eigenvalue weighted by Gasteiger charge is 2.30. The van der Waals surface area contributed by atoms with E-state index >= 15 is 0 Å². The van der Waals surface area contributed by atoms with Gasteiger partial charge in [-0.1, -0.05) is 18.0 Å². The number of amides is 1. The number of benzene rings is 1. The first-order chi connectivity index (χ1) is 9.83. The van der Waals surface area contributed by atoms with Crippen molar-refractivity contribution in [3.63, 3.8) is 0 Å². The van der Waals surface area contributed by atoms with Crippen LogP contribution in [0.5, 0.6) is 0 Å². The maximum atomic E-state index is 11.6. The van der Waals surface area contributed by atoms with Gasteiger partial charge in [-0.25, -0.2) is 0 Å². The summed E-state index contributed by atoms with van der Waals surface area (Å²) in [6.07, 6.45) is 2.79. The molecule has 118 valence electrons. The van der Waals surface area contributed by atoms with Crippen molar-refractivity contribution in [3.8, 4) is 0 Å². The Morgan fingerprint density at radius 3 is 2.48 bits per heavy atom. The van der Waals surface area contributed by atoms with Gasteiger partial charge in [0.2, 0.25) is 5.91 Å². The number of nitrogens with two attached hydrogens (primary N) is 1. The van der Waals surface area contributed by atoms with Gasteiger partial charge in [0, 0.05) is 16.0 Å². The summed E-state index contributed by atoms with van der Waals surface area (Å²) in [5, 5.41) is 4.03. The molecule has 3 nitrogen and oxygen atoms in total. The lowest BCUT2D eigenvalue weighted by molar-refractivity contribution is -0.124. The summed E-state index contributed by atoms with van der Waals surface area (Å²) < 4.78 is 0. The number of unbranched alkanes of at least 4 members (excludes halogenated alkanes) is 1. The third-order valence-corrected chi connectivity index (χ3v) is 4.65. The maximum Gasteiger partial charge on any atom is 0.237 e. The SMILES string of the molecule is CC(C)NC(C)(CCCCSc1ccc(Cl)cc1)C(N)=O. The molecule has 0 aliphatic carbocycles. The van der Waals surface area contributed by atoms with Gasteiger partial charge in [0.05, 0.1) is 5.54 Å². The normalized spacial score (nSPS) is 14.1. The highest BCUT2D eigenvalue weighted by Crippen LogP contribution is 2.23. The summed E-state index contributed by atoms with van der Waals surface area (Å²) in [5.74, 6) is 0.750. The average molecular weight is 329 g/mol. The Kier molecular flexibility index (Phi) is 7.57. The molecule has 1 aromatic rings. The molecule has 0 saturated carbocycles. The highest BCUT2D eigenvalue weighted by molar-refractivity contribution is 7.99. The molecule has 0 saturated heterocycles. The molecule has 1 aromatic carbocycles. The van der Waals surface area contributed by atoms with Crippen LogP contribution in [-0.4, -0.2) is 23.2 Å². The van der Waals surface area contributed by atoms with Crippen LogP contribution in [0.15, 0.2) is 29.2 Å². The van der Waals surface area contributed by atoms with Crippen molar-refractivity contribution >= 4 is 29.3 Å². The van der Waals surface area contributed by atoms with Crippen molar-refractivity contribution in [1.29, 1.82) is 0 Å². The van der Waals surface area contributed by atoms with E-state index in [1.54, 1.807) is 11.8 Å². The Labute approximate surface area is 137 Å². The average Bonchev–Trinajstić information content (AvgIpc) is 2.39. The minimum absolute atomic E-state index is 0.242. The third-order valence-electron chi connectivity index (χ3n) is 3.30. The fourth-order valence-electron chi connectivity index (χ4n) is 2.21. The second-order valence-corrected chi connectivity index (χ2v) is 7.36. The first-order valence-corrected chi connectivity index (χ1v) is 8.66. The zero-order chi connectivity index (χ0) is 15.9. The van der Waals surface area contributed by atoms with Gasteiger partial charge in [-0.05, 0) is 63.6 Å². The van der Waals surface area contributed by atoms with Crippen LogP contribution in [0.3, 0.4) is 0 Å². The summed E-state index contributed by atoms with van der Waals surface area (Å²) in [4.78, 5) is 12.8. The van der Waals surface area contributed by atoms with E-state index in [1.807, 2.05) is 45.0 Å². The number of carbonyl (C=O) groups is 1. The molecule has 0 aromatic heterocycles. The maximum absolute atomic E-state index is 11.6. The summed E-state index contributed by atoms with van der Waals surface area (Å²) in [7, 11) is 0. The van der Waals surface area contributed by atoms with Crippen LogP contribution in [0.25, 0.3) is 0 Å². The van der Waals surface area contributed by atoms with Gasteiger partial charge in [0.25, 0.3) is 0 Å². The predicted octanol–water partition coefficient (Wildman–Crippen LogP) is 3.84. The van der Waals surface area contributed by atoms with Crippen molar-refractivity contribution in [2.24, 2.45) is 5.73 Å². The first-order valence-electron chi connectivity index (χ1n) is 7.29. The lowest BCUT2D eigenvalue weighted by atomic mass is 9.93. The molecule has 0 radical (unpaired) electrons. The zero-order valence-corrected chi connectivity index (χ0v) is 14.6. The number of hydrogen-bond donors (Lipinski definition) is 2. The van der Waals surface area contributed by atoms with Crippen LogP contribution in [0.1, 0.15) is 40.0 Å². The van der Waals surface area contributed by atoms with Crippen molar-refractivity contribution < 1.29 is 4.79 Å². The summed E-state index contributed by atoms with van der Waals surface area (Å²) in [6, 6.07) is 8.11. The quantitative estimate of drug-likeness (QED) is 0.535. The van der Waals surface area contributed by atoms with E-state index < -0.39 is 5.54 Å². The number of halogens is 1. The Hall–Kier alpha value is -0.710. The van der Waals surface area contributed by atoms with E-state index in [0.29, 0.717) is 0 Å². The molecule has 21 heavy (non-hydrogen) atoms. The Morgan fingerprint density at radius 2 is 1.95 bits per heavy atom. The van der Waals surface area contributed by atoms with Crippen LogP contribution in [0, 0.1) is 0 Å². The third kappa shape index (κ3) is 6.72. The standard InChI is InChI=1S/C16H25ClN2OS/c1-12(2)19-16(3,15(18)20)10-4-5-11-21-14-8-6-13(17)7-9-14/h6-9,12,19H,4-5,10-11H2,1-3H3,(H2,18,20). The van der Waals surface area contributed by atoms with Crippen molar-refractivity contribution in [3.05, 3.63) is 29.3 Å². The minimum Gasteiger partial charge on any atom is -0.368 e. The number of primary amides is 1. The second-order valence-electron chi connectivity index (χ2n) is 5.75. The molecule has 1 rings (SSSR count). The minimum atomic E-state index is -0.612. The van der Waals surface area contributed by atoms with E-state index in [9.17, 15) is 4.79 Å². The van der Waals surface area contributed by atoms with Crippen LogP contribution < -0.4 is 11.1 Å². The van der Waals surface area contributed by atoms with Crippen molar-refractivity contribution in [2.75, 3.05) is 5.75 Å². The fraction of sp³-hybridized carbons (Fsp3) is 0.562. The lowest BCUT2D eigenvalue weighted by Crippen LogP contribution is -2.55. The van der Waals surface area contributed by atoms with E-state index in [4.69, 9.17) is 17.3 Å². The van der Waals surface area contributed by atoms with Gasteiger partial charge >= 0.3 is 0 Å². The van der Waals surface area contributed by atoms with E-state index in [-0.39, 0.29) is 11.9 Å². The highest BCUT2D eigenvalue weighted by atomic mass is 35.5. The monoisotopic (exact) mass is 328 g/mol. The Balaban J connectivity index is 2.31. The number of hydrogen-bond acceptors (Lipinski definition) is 3. The molecule has 3 N–H and O–H groups in total. The largest absolute Gasteiger partial charge is 0.368 e. The van der Waals surface area contributed by atoms with Crippen LogP contribution in [0.2, 0.25) is 5.02 Å². The van der Waals surface area contributed by atoms with Crippen LogP contribution >= 0.6 is 23.4 Å². The molecular formula is C16H25ClN2OS. The molecule has 0 aliphatic rings. The number of thioether (sulfide) groups is 1. The molecule has 0 fully saturated rings. The topological polar surface area (TPSA) is 55.1 Å². The van der Waals surface area contributed by atoms with Gasteiger partial charge in [0.1, 0.15) is 0 Å². The van der Waals surface area contributed by atoms with Crippen molar-refractivity contribution in [2.45, 2.75) is 56.5 Å². The van der Waals surface area contributed by atoms with Gasteiger partial charge in [0.15, 0.2) is 0 Å². The second kappa shape index (κ2) is 8.66. The van der Waals surface area contributed by atoms with Gasteiger partial charge in [-0.15, -0.1) is 11.8 Å². The first kappa shape index (κ1) is 18.3. The molecular weight excluding hydrogens is 304 g/mol. The Morgan fingerprint density at radius 1 is 1.33 bits per heavy atom. The van der Waals surface area contributed by atoms with Crippen LogP contribution in [-0.2, 0) is 4.79 Å². The number of nitrogens with one attached hydrogen (secondary N) is 1. The van der Waals surface area contributed by atoms with Gasteiger partial charge in [-0.3, -0.25) is 4.79 Å². The van der Waals surface area contributed by atoms with E-state index in [0.717, 1.165) is 30.0 Å². The molecule has 0 spiro atoms. The lowest BCUT2D eigenvalue weighted by Gasteiger charge is -2.29. The summed E-state index contributed by atoms with van der Waals surface area (Å²) in [5.41, 5.74) is 4.91. The summed E-state index contributed by atoms with van der Waals surface area (Å²) >= 11 is 7.66. The molecule has 0 aliphatic heterocycles. The molecule has 1 atom stereocenters. The van der Waals surface area contributed by atoms with Gasteiger partial charge in [-0.2, -0.15) is 0 Å². The fourth-order valence-corrected chi connectivity index (χ4v) is 3.24. The zero-order valence-electron chi connectivity index (χ0n) is 13.0. The smallest absolute Gasteiger partial charge is 0.237 e. The van der Waals surface area contributed by atoms with Gasteiger partial charge < -0.3 is 11.1 Å². The number of carbonyl (C=O) groups excluding carboxylic acids is 1. The molecule has 1 unspecified atom stereocenters.